The number of hydrogen-bond acceptors (Lipinski definition) is 2. The summed E-state index contributed by atoms with van der Waals surface area (Å²) in [5.74, 6) is 0. The quantitative estimate of drug-likeness (QED) is 0.827. The molecule has 0 aliphatic rings. The van der Waals surface area contributed by atoms with Gasteiger partial charge < -0.3 is 5.32 Å². The minimum Gasteiger partial charge on any atom is -0.305 e. The van der Waals surface area contributed by atoms with Crippen molar-refractivity contribution in [1.82, 2.24) is 5.32 Å². The molecule has 1 N–H and O–H groups in total. The molecule has 1 nitrogen and oxygen atoms in total. The first kappa shape index (κ1) is 13.3. The first-order chi connectivity index (χ1) is 8.70. The Kier molecular flexibility index (Phi) is 4.56. The molecule has 0 aliphatic carbocycles. The molecule has 2 aromatic rings. The fourth-order valence-electron chi connectivity index (χ4n) is 2.10. The van der Waals surface area contributed by atoms with Gasteiger partial charge in [0.15, 0.2) is 0 Å². The standard InChI is InChI=1S/C16H21NS/c1-4-15(14-7-5-12(2)6-8-14)17-11-16-13(3)9-10-18-16/h5-10,15,17H,4,11H2,1-3H3. The van der Waals surface area contributed by atoms with Crippen LogP contribution in [-0.4, -0.2) is 0 Å². The molecule has 0 fully saturated rings. The molecule has 0 spiro atoms. The van der Waals surface area contributed by atoms with E-state index >= 15 is 0 Å². The van der Waals surface area contributed by atoms with E-state index in [0.717, 1.165) is 13.0 Å². The van der Waals surface area contributed by atoms with Crippen LogP contribution in [0.25, 0.3) is 0 Å². The monoisotopic (exact) mass is 259 g/mol. The SMILES string of the molecule is CCC(NCc1sccc1C)c1ccc(C)cc1. The van der Waals surface area contributed by atoms with E-state index in [1.165, 1.54) is 21.6 Å². The van der Waals surface area contributed by atoms with E-state index in [1.54, 1.807) is 0 Å². The number of hydrogen-bond donors (Lipinski definition) is 1. The Morgan fingerprint density at radius 3 is 2.39 bits per heavy atom. The van der Waals surface area contributed by atoms with Crippen LogP contribution >= 0.6 is 11.3 Å². The van der Waals surface area contributed by atoms with Crippen molar-refractivity contribution in [2.24, 2.45) is 0 Å². The molecule has 0 aliphatic heterocycles. The van der Waals surface area contributed by atoms with E-state index in [2.05, 4.69) is 61.8 Å². The molecule has 1 unspecified atom stereocenters. The molecular formula is C16H21NS. The van der Waals surface area contributed by atoms with Crippen molar-refractivity contribution in [3.05, 3.63) is 57.3 Å². The van der Waals surface area contributed by atoms with Crippen molar-refractivity contribution in [3.8, 4) is 0 Å². The molecular weight excluding hydrogens is 238 g/mol. The highest BCUT2D eigenvalue weighted by atomic mass is 32.1. The second kappa shape index (κ2) is 6.17. The van der Waals surface area contributed by atoms with Gasteiger partial charge in [0.05, 0.1) is 0 Å². The maximum absolute atomic E-state index is 3.66. The predicted molar refractivity (Wildman–Crippen MR) is 80.1 cm³/mol. The first-order valence-electron chi connectivity index (χ1n) is 6.53. The molecule has 2 heteroatoms. The molecule has 2 rings (SSSR count). The van der Waals surface area contributed by atoms with Crippen LogP contribution in [0.1, 0.15) is 41.0 Å². The summed E-state index contributed by atoms with van der Waals surface area (Å²) in [6, 6.07) is 11.5. The van der Waals surface area contributed by atoms with Crippen molar-refractivity contribution in [3.63, 3.8) is 0 Å². The van der Waals surface area contributed by atoms with Gasteiger partial charge in [-0.15, -0.1) is 11.3 Å². The van der Waals surface area contributed by atoms with Crippen LogP contribution in [0, 0.1) is 13.8 Å². The van der Waals surface area contributed by atoms with Crippen LogP contribution in [-0.2, 0) is 6.54 Å². The largest absolute Gasteiger partial charge is 0.305 e. The highest BCUT2D eigenvalue weighted by molar-refractivity contribution is 7.10. The third-order valence-electron chi connectivity index (χ3n) is 3.37. The second-order valence-corrected chi connectivity index (χ2v) is 5.78. The highest BCUT2D eigenvalue weighted by Gasteiger charge is 2.09. The van der Waals surface area contributed by atoms with Gasteiger partial charge in [-0.3, -0.25) is 0 Å². The van der Waals surface area contributed by atoms with E-state index in [4.69, 9.17) is 0 Å². The summed E-state index contributed by atoms with van der Waals surface area (Å²) in [4.78, 5) is 1.44. The van der Waals surface area contributed by atoms with Gasteiger partial charge >= 0.3 is 0 Å². The molecule has 18 heavy (non-hydrogen) atoms. The first-order valence-corrected chi connectivity index (χ1v) is 7.41. The Hall–Kier alpha value is -1.12. The van der Waals surface area contributed by atoms with Gasteiger partial charge in [-0.1, -0.05) is 36.8 Å². The van der Waals surface area contributed by atoms with Crippen molar-refractivity contribution in [1.29, 1.82) is 0 Å². The van der Waals surface area contributed by atoms with E-state index in [0.29, 0.717) is 6.04 Å². The van der Waals surface area contributed by atoms with Crippen molar-refractivity contribution in [2.75, 3.05) is 0 Å². The van der Waals surface area contributed by atoms with Crippen LogP contribution in [0.15, 0.2) is 35.7 Å². The minimum atomic E-state index is 0.451. The lowest BCUT2D eigenvalue weighted by molar-refractivity contribution is 0.521. The third-order valence-corrected chi connectivity index (χ3v) is 4.39. The zero-order chi connectivity index (χ0) is 13.0. The highest BCUT2D eigenvalue weighted by Crippen LogP contribution is 2.20. The van der Waals surface area contributed by atoms with E-state index < -0.39 is 0 Å². The lowest BCUT2D eigenvalue weighted by Crippen LogP contribution is -2.20. The fourth-order valence-corrected chi connectivity index (χ4v) is 2.95. The number of nitrogens with one attached hydrogen (secondary N) is 1. The van der Waals surface area contributed by atoms with Gasteiger partial charge in [-0.05, 0) is 42.8 Å². The van der Waals surface area contributed by atoms with Crippen molar-refractivity contribution >= 4 is 11.3 Å². The molecule has 0 radical (unpaired) electrons. The summed E-state index contributed by atoms with van der Waals surface area (Å²) in [5, 5.41) is 5.82. The molecule has 0 amide bonds. The Morgan fingerprint density at radius 1 is 1.11 bits per heavy atom. The van der Waals surface area contributed by atoms with Crippen LogP contribution in [0.4, 0.5) is 0 Å². The molecule has 96 valence electrons. The second-order valence-electron chi connectivity index (χ2n) is 4.78. The van der Waals surface area contributed by atoms with Gasteiger partial charge in [-0.25, -0.2) is 0 Å². The summed E-state index contributed by atoms with van der Waals surface area (Å²) in [6.45, 7) is 7.52. The molecule has 1 atom stereocenters. The van der Waals surface area contributed by atoms with Crippen LogP contribution in [0.5, 0.6) is 0 Å². The number of thiophene rings is 1. The van der Waals surface area contributed by atoms with Crippen LogP contribution in [0.3, 0.4) is 0 Å². The van der Waals surface area contributed by atoms with Gasteiger partial charge in [0.25, 0.3) is 0 Å². The minimum absolute atomic E-state index is 0.451. The van der Waals surface area contributed by atoms with E-state index in [-0.39, 0.29) is 0 Å². The van der Waals surface area contributed by atoms with Gasteiger partial charge in [0.2, 0.25) is 0 Å². The predicted octanol–water partition coefficient (Wildman–Crippen LogP) is 4.61. The van der Waals surface area contributed by atoms with Crippen LogP contribution in [0.2, 0.25) is 0 Å². The molecule has 1 aromatic heterocycles. The third kappa shape index (κ3) is 3.21. The number of benzene rings is 1. The summed E-state index contributed by atoms with van der Waals surface area (Å²) < 4.78 is 0. The summed E-state index contributed by atoms with van der Waals surface area (Å²) >= 11 is 1.84. The lowest BCUT2D eigenvalue weighted by Gasteiger charge is -2.17. The Morgan fingerprint density at radius 2 is 1.83 bits per heavy atom. The van der Waals surface area contributed by atoms with E-state index in [9.17, 15) is 0 Å². The van der Waals surface area contributed by atoms with Gasteiger partial charge in [0.1, 0.15) is 0 Å². The number of aryl methyl sites for hydroxylation is 2. The molecule has 1 aromatic carbocycles. The Bertz CT molecular complexity index is 484. The summed E-state index contributed by atoms with van der Waals surface area (Å²) in [7, 11) is 0. The van der Waals surface area contributed by atoms with Gasteiger partial charge in [0, 0.05) is 17.5 Å². The lowest BCUT2D eigenvalue weighted by atomic mass is 10.0. The average Bonchev–Trinajstić information content (AvgIpc) is 2.78. The maximum Gasteiger partial charge on any atom is 0.0320 e. The van der Waals surface area contributed by atoms with Crippen molar-refractivity contribution < 1.29 is 0 Å². The normalized spacial score (nSPS) is 12.6. The van der Waals surface area contributed by atoms with Gasteiger partial charge in [-0.2, -0.15) is 0 Å². The summed E-state index contributed by atoms with van der Waals surface area (Å²) in [5.41, 5.74) is 4.10. The Balaban J connectivity index is 2.01. The summed E-state index contributed by atoms with van der Waals surface area (Å²) in [6.07, 6.45) is 1.12. The molecule has 1 heterocycles. The molecule has 0 saturated carbocycles. The molecule has 0 bridgehead atoms. The fraction of sp³-hybridized carbons (Fsp3) is 0.375. The maximum atomic E-state index is 3.66. The smallest absolute Gasteiger partial charge is 0.0320 e. The van der Waals surface area contributed by atoms with E-state index in [1.807, 2.05) is 11.3 Å². The molecule has 0 saturated heterocycles. The zero-order valence-electron chi connectivity index (χ0n) is 11.4. The average molecular weight is 259 g/mol. The zero-order valence-corrected chi connectivity index (χ0v) is 12.2. The topological polar surface area (TPSA) is 12.0 Å². The number of rotatable bonds is 5. The Labute approximate surface area is 114 Å². The van der Waals surface area contributed by atoms with Crippen LogP contribution < -0.4 is 5.32 Å². The van der Waals surface area contributed by atoms with Crippen molar-refractivity contribution in [2.45, 2.75) is 39.8 Å².